The highest BCUT2D eigenvalue weighted by Gasteiger charge is 2.16. The molecule has 0 aliphatic rings. The van der Waals surface area contributed by atoms with Crippen molar-refractivity contribution in [3.05, 3.63) is 11.8 Å². The van der Waals surface area contributed by atoms with E-state index >= 15 is 0 Å². The van der Waals surface area contributed by atoms with Gasteiger partial charge in [0.2, 0.25) is 11.8 Å². The highest BCUT2D eigenvalue weighted by atomic mass is 16.4. The number of nitrogens with one attached hydrogen (secondary N) is 1. The summed E-state index contributed by atoms with van der Waals surface area (Å²) in [6.07, 6.45) is 6.57. The van der Waals surface area contributed by atoms with E-state index in [0.717, 1.165) is 44.0 Å². The minimum atomic E-state index is 0.174. The van der Waals surface area contributed by atoms with E-state index in [9.17, 15) is 0 Å². The maximum atomic E-state index is 5.82. The second-order valence-corrected chi connectivity index (χ2v) is 6.56. The smallest absolute Gasteiger partial charge is 0.219 e. The molecule has 0 saturated carbocycles. The molecule has 1 aromatic heterocycles. The number of aryl methyl sites for hydroxylation is 1. The van der Waals surface area contributed by atoms with E-state index in [0.29, 0.717) is 5.92 Å². The number of hydrogen-bond donors (Lipinski definition) is 1. The van der Waals surface area contributed by atoms with Crippen molar-refractivity contribution in [1.82, 2.24) is 15.5 Å². The summed E-state index contributed by atoms with van der Waals surface area (Å²) in [6, 6.07) is 0. The van der Waals surface area contributed by atoms with Gasteiger partial charge in [-0.2, -0.15) is 0 Å². The molecule has 1 unspecified atom stereocenters. The number of nitrogens with zero attached hydrogens (tertiary/aromatic N) is 2. The van der Waals surface area contributed by atoms with Gasteiger partial charge in [0, 0.05) is 17.9 Å². The van der Waals surface area contributed by atoms with Crippen LogP contribution in [0.2, 0.25) is 0 Å². The van der Waals surface area contributed by atoms with Gasteiger partial charge in [0.05, 0.1) is 0 Å². The number of rotatable bonds is 9. The van der Waals surface area contributed by atoms with Crippen LogP contribution < -0.4 is 5.32 Å². The Morgan fingerprint density at radius 2 is 1.90 bits per heavy atom. The topological polar surface area (TPSA) is 51.0 Å². The quantitative estimate of drug-likeness (QED) is 0.693. The molecule has 0 aromatic carbocycles. The van der Waals surface area contributed by atoms with Crippen LogP contribution in [-0.2, 0) is 6.42 Å². The van der Waals surface area contributed by atoms with Crippen molar-refractivity contribution in [3.63, 3.8) is 0 Å². The van der Waals surface area contributed by atoms with E-state index in [1.807, 2.05) is 0 Å². The molecule has 4 heteroatoms. The molecule has 116 valence electrons. The zero-order valence-corrected chi connectivity index (χ0v) is 13.8. The zero-order valence-electron chi connectivity index (χ0n) is 13.8. The van der Waals surface area contributed by atoms with E-state index in [1.54, 1.807) is 0 Å². The Bertz CT molecular complexity index is 368. The summed E-state index contributed by atoms with van der Waals surface area (Å²) in [4.78, 5) is 0. The van der Waals surface area contributed by atoms with E-state index < -0.39 is 0 Å². The molecule has 1 rings (SSSR count). The van der Waals surface area contributed by atoms with Crippen molar-refractivity contribution in [2.24, 2.45) is 0 Å². The van der Waals surface area contributed by atoms with Crippen molar-refractivity contribution < 1.29 is 4.42 Å². The van der Waals surface area contributed by atoms with Crippen molar-refractivity contribution >= 4 is 0 Å². The number of hydrogen-bond acceptors (Lipinski definition) is 4. The first-order chi connectivity index (χ1) is 9.46. The molecule has 0 spiro atoms. The van der Waals surface area contributed by atoms with E-state index in [4.69, 9.17) is 4.42 Å². The molecule has 0 saturated heterocycles. The third kappa shape index (κ3) is 6.51. The van der Waals surface area contributed by atoms with Gasteiger partial charge in [0.25, 0.3) is 0 Å². The normalized spacial score (nSPS) is 13.7. The average molecular weight is 281 g/mol. The predicted octanol–water partition coefficient (Wildman–Crippen LogP) is 4.07. The lowest BCUT2D eigenvalue weighted by atomic mass is 10.00. The third-order valence-electron chi connectivity index (χ3n) is 3.45. The van der Waals surface area contributed by atoms with Gasteiger partial charge >= 0.3 is 0 Å². The van der Waals surface area contributed by atoms with Gasteiger partial charge in [-0.05, 0) is 46.6 Å². The Balaban J connectivity index is 2.38. The molecule has 0 amide bonds. The predicted molar refractivity (Wildman–Crippen MR) is 82.9 cm³/mol. The fourth-order valence-corrected chi connectivity index (χ4v) is 2.19. The van der Waals surface area contributed by atoms with Crippen LogP contribution in [0.15, 0.2) is 4.42 Å². The molecule has 4 nitrogen and oxygen atoms in total. The Morgan fingerprint density at radius 3 is 2.50 bits per heavy atom. The zero-order chi connectivity index (χ0) is 15.0. The lowest BCUT2D eigenvalue weighted by Gasteiger charge is -2.19. The van der Waals surface area contributed by atoms with E-state index in [-0.39, 0.29) is 5.54 Å². The minimum absolute atomic E-state index is 0.174. The van der Waals surface area contributed by atoms with Gasteiger partial charge < -0.3 is 9.73 Å². The molecule has 1 N–H and O–H groups in total. The molecule has 0 aliphatic heterocycles. The van der Waals surface area contributed by atoms with Crippen LogP contribution in [0, 0.1) is 0 Å². The molecule has 0 fully saturated rings. The van der Waals surface area contributed by atoms with Gasteiger partial charge in [-0.25, -0.2) is 0 Å². The second kappa shape index (κ2) is 8.40. The fourth-order valence-electron chi connectivity index (χ4n) is 2.19. The molecule has 1 aromatic rings. The van der Waals surface area contributed by atoms with Crippen LogP contribution in [0.5, 0.6) is 0 Å². The first kappa shape index (κ1) is 17.2. The summed E-state index contributed by atoms with van der Waals surface area (Å²) in [6.45, 7) is 11.9. The van der Waals surface area contributed by atoms with Crippen LogP contribution in [-0.4, -0.2) is 22.3 Å². The van der Waals surface area contributed by atoms with Crippen molar-refractivity contribution in [1.29, 1.82) is 0 Å². The Morgan fingerprint density at radius 1 is 1.15 bits per heavy atom. The lowest BCUT2D eigenvalue weighted by Crippen LogP contribution is -2.36. The summed E-state index contributed by atoms with van der Waals surface area (Å²) < 4.78 is 5.82. The maximum absolute atomic E-state index is 5.82. The highest BCUT2D eigenvalue weighted by Crippen LogP contribution is 2.24. The van der Waals surface area contributed by atoms with Crippen LogP contribution in [0.4, 0.5) is 0 Å². The molecule has 0 radical (unpaired) electrons. The first-order valence-electron chi connectivity index (χ1n) is 8.03. The minimum Gasteiger partial charge on any atom is -0.425 e. The SMILES string of the molecule is CCCCC(CC)c1nnc(CCCNC(C)(C)C)o1. The largest absolute Gasteiger partial charge is 0.425 e. The first-order valence-corrected chi connectivity index (χ1v) is 8.03. The standard InChI is InChI=1S/C16H31N3O/c1-6-8-10-13(7-2)15-19-18-14(20-15)11-9-12-17-16(3,4)5/h13,17H,6-12H2,1-5H3. The molecular formula is C16H31N3O. The lowest BCUT2D eigenvalue weighted by molar-refractivity contribution is 0.381. The fraction of sp³-hybridized carbons (Fsp3) is 0.875. The summed E-state index contributed by atoms with van der Waals surface area (Å²) in [5.41, 5.74) is 0.174. The molecule has 20 heavy (non-hydrogen) atoms. The monoisotopic (exact) mass is 281 g/mol. The van der Waals surface area contributed by atoms with E-state index in [2.05, 4.69) is 50.1 Å². The second-order valence-electron chi connectivity index (χ2n) is 6.56. The molecule has 0 bridgehead atoms. The van der Waals surface area contributed by atoms with Gasteiger partial charge in [0.1, 0.15) is 0 Å². The van der Waals surface area contributed by atoms with Crippen LogP contribution >= 0.6 is 0 Å². The number of unbranched alkanes of at least 4 members (excludes halogenated alkanes) is 1. The highest BCUT2D eigenvalue weighted by molar-refractivity contribution is 4.91. The van der Waals surface area contributed by atoms with Crippen LogP contribution in [0.3, 0.4) is 0 Å². The van der Waals surface area contributed by atoms with Gasteiger partial charge in [0.15, 0.2) is 0 Å². The average Bonchev–Trinajstić information content (AvgIpc) is 2.83. The third-order valence-corrected chi connectivity index (χ3v) is 3.45. The van der Waals surface area contributed by atoms with Crippen molar-refractivity contribution in [2.45, 2.75) is 84.6 Å². The van der Waals surface area contributed by atoms with Crippen molar-refractivity contribution in [2.75, 3.05) is 6.54 Å². The summed E-state index contributed by atoms with van der Waals surface area (Å²) in [5, 5.41) is 11.9. The van der Waals surface area contributed by atoms with Crippen molar-refractivity contribution in [3.8, 4) is 0 Å². The Kier molecular flexibility index (Phi) is 7.20. The van der Waals surface area contributed by atoms with Gasteiger partial charge in [-0.1, -0.05) is 26.7 Å². The van der Waals surface area contributed by atoms with E-state index in [1.165, 1.54) is 12.8 Å². The number of aromatic nitrogens is 2. The maximum Gasteiger partial charge on any atom is 0.219 e. The summed E-state index contributed by atoms with van der Waals surface area (Å²) >= 11 is 0. The Labute approximate surface area is 123 Å². The summed E-state index contributed by atoms with van der Waals surface area (Å²) in [5.74, 6) is 2.05. The van der Waals surface area contributed by atoms with Gasteiger partial charge in [-0.3, -0.25) is 0 Å². The molecule has 0 aliphatic carbocycles. The van der Waals surface area contributed by atoms with Crippen LogP contribution in [0.1, 0.15) is 84.4 Å². The molecular weight excluding hydrogens is 250 g/mol. The Hall–Kier alpha value is -0.900. The summed E-state index contributed by atoms with van der Waals surface area (Å²) in [7, 11) is 0. The molecule has 1 heterocycles. The van der Waals surface area contributed by atoms with Gasteiger partial charge in [-0.15, -0.1) is 10.2 Å². The van der Waals surface area contributed by atoms with Crippen LogP contribution in [0.25, 0.3) is 0 Å². The molecule has 1 atom stereocenters.